The van der Waals surface area contributed by atoms with Crippen LogP contribution in [0.15, 0.2) is 47.5 Å². The van der Waals surface area contributed by atoms with E-state index in [1.54, 1.807) is 28.4 Å². The molecule has 0 spiro atoms. The Morgan fingerprint density at radius 3 is 2.16 bits per heavy atom. The number of aliphatic imine (C=N–C) groups is 1. The molecule has 0 aromatic heterocycles. The fraction of sp³-hybridized carbons (Fsp3) is 0.480. The lowest BCUT2D eigenvalue weighted by Crippen LogP contribution is -2.43. The summed E-state index contributed by atoms with van der Waals surface area (Å²) in [5, 5.41) is 6.90. The largest absolute Gasteiger partial charge is 0.493 e. The Morgan fingerprint density at radius 2 is 1.59 bits per heavy atom. The molecule has 176 valence electrons. The summed E-state index contributed by atoms with van der Waals surface area (Å²) in [5.74, 6) is 2.74. The van der Waals surface area contributed by atoms with E-state index in [-0.39, 0.29) is 6.04 Å². The van der Waals surface area contributed by atoms with Crippen LogP contribution in [0.2, 0.25) is 0 Å². The van der Waals surface area contributed by atoms with Gasteiger partial charge in [0.1, 0.15) is 0 Å². The van der Waals surface area contributed by atoms with Gasteiger partial charge in [-0.25, -0.2) is 0 Å². The highest BCUT2D eigenvalue weighted by Gasteiger charge is 2.18. The number of nitrogens with one attached hydrogen (secondary N) is 2. The number of benzene rings is 2. The molecule has 0 aliphatic heterocycles. The molecular formula is C25H38N4O3. The van der Waals surface area contributed by atoms with Gasteiger partial charge in [0, 0.05) is 25.7 Å². The van der Waals surface area contributed by atoms with Crippen LogP contribution in [0, 0.1) is 0 Å². The second-order valence-corrected chi connectivity index (χ2v) is 7.27. The molecule has 0 bridgehead atoms. The summed E-state index contributed by atoms with van der Waals surface area (Å²) in [7, 11) is 6.68. The standard InChI is InChI=1S/C25H38N4O3/c1-7-29(8-2)21(19-12-10-9-11-13-19)18-28-25(26-3)27-17-16-20-14-15-22(30-4)24(32-6)23(20)31-5/h9-15,21H,7-8,16-18H2,1-6H3,(H2,26,27,28). The number of nitrogens with zero attached hydrogens (tertiary/aromatic N) is 2. The first kappa shape index (κ1) is 25.3. The molecule has 0 heterocycles. The minimum atomic E-state index is 0.274. The molecule has 2 N–H and O–H groups in total. The van der Waals surface area contributed by atoms with Crippen molar-refractivity contribution in [1.82, 2.24) is 15.5 Å². The summed E-state index contributed by atoms with van der Waals surface area (Å²) in [6.07, 6.45) is 0.752. The van der Waals surface area contributed by atoms with Crippen LogP contribution in [0.4, 0.5) is 0 Å². The van der Waals surface area contributed by atoms with Gasteiger partial charge >= 0.3 is 0 Å². The van der Waals surface area contributed by atoms with Crippen molar-refractivity contribution in [2.24, 2.45) is 4.99 Å². The molecule has 2 aromatic carbocycles. The average molecular weight is 443 g/mol. The molecule has 0 saturated heterocycles. The zero-order chi connectivity index (χ0) is 23.3. The Kier molecular flexibility index (Phi) is 10.7. The zero-order valence-corrected chi connectivity index (χ0v) is 20.3. The maximum absolute atomic E-state index is 5.59. The lowest BCUT2D eigenvalue weighted by Gasteiger charge is -2.30. The normalized spacial score (nSPS) is 12.4. The van der Waals surface area contributed by atoms with Gasteiger partial charge in [-0.3, -0.25) is 9.89 Å². The molecule has 0 aliphatic carbocycles. The molecule has 0 fully saturated rings. The average Bonchev–Trinajstić information content (AvgIpc) is 2.85. The van der Waals surface area contributed by atoms with E-state index in [0.717, 1.165) is 37.6 Å². The molecule has 1 unspecified atom stereocenters. The Labute approximate surface area is 192 Å². The summed E-state index contributed by atoms with van der Waals surface area (Å²) in [6.45, 7) is 7.84. The first-order valence-electron chi connectivity index (χ1n) is 11.1. The SMILES string of the molecule is CCN(CC)C(CNC(=NC)NCCc1ccc(OC)c(OC)c1OC)c1ccccc1. The van der Waals surface area contributed by atoms with Crippen molar-refractivity contribution in [3.8, 4) is 17.2 Å². The highest BCUT2D eigenvalue weighted by Crippen LogP contribution is 2.39. The van der Waals surface area contributed by atoms with Gasteiger partial charge in [-0.15, -0.1) is 0 Å². The third kappa shape index (κ3) is 6.53. The van der Waals surface area contributed by atoms with Crippen LogP contribution in [0.5, 0.6) is 17.2 Å². The number of hydrogen-bond donors (Lipinski definition) is 2. The smallest absolute Gasteiger partial charge is 0.203 e. The van der Waals surface area contributed by atoms with E-state index in [0.29, 0.717) is 23.8 Å². The van der Waals surface area contributed by atoms with Crippen molar-refractivity contribution in [1.29, 1.82) is 0 Å². The minimum Gasteiger partial charge on any atom is -0.493 e. The molecule has 0 saturated carbocycles. The van der Waals surface area contributed by atoms with E-state index >= 15 is 0 Å². The Bertz CT molecular complexity index is 839. The lowest BCUT2D eigenvalue weighted by atomic mass is 10.1. The van der Waals surface area contributed by atoms with Gasteiger partial charge < -0.3 is 24.8 Å². The van der Waals surface area contributed by atoms with Crippen molar-refractivity contribution in [2.45, 2.75) is 26.3 Å². The molecule has 0 amide bonds. The molecule has 0 aliphatic rings. The highest BCUT2D eigenvalue weighted by molar-refractivity contribution is 5.79. The van der Waals surface area contributed by atoms with E-state index in [2.05, 4.69) is 64.7 Å². The molecule has 2 rings (SSSR count). The lowest BCUT2D eigenvalue weighted by molar-refractivity contribution is 0.219. The first-order chi connectivity index (χ1) is 15.6. The van der Waals surface area contributed by atoms with Gasteiger partial charge in [-0.05, 0) is 31.1 Å². The summed E-state index contributed by atoms with van der Waals surface area (Å²) < 4.78 is 16.4. The predicted molar refractivity (Wildman–Crippen MR) is 131 cm³/mol. The number of methoxy groups -OCH3 is 3. The molecular weight excluding hydrogens is 404 g/mol. The molecule has 7 nitrogen and oxygen atoms in total. The summed E-state index contributed by atoms with van der Waals surface area (Å²) in [6, 6.07) is 14.8. The molecule has 32 heavy (non-hydrogen) atoms. The fourth-order valence-corrected chi connectivity index (χ4v) is 3.89. The highest BCUT2D eigenvalue weighted by atomic mass is 16.5. The predicted octanol–water partition coefficient (Wildman–Crippen LogP) is 3.50. The van der Waals surface area contributed by atoms with E-state index in [1.807, 2.05) is 12.1 Å². The number of likely N-dealkylation sites (N-methyl/N-ethyl adjacent to an activating group) is 1. The van der Waals surface area contributed by atoms with Crippen molar-refractivity contribution < 1.29 is 14.2 Å². The second kappa shape index (κ2) is 13.5. The van der Waals surface area contributed by atoms with E-state index in [9.17, 15) is 0 Å². The maximum Gasteiger partial charge on any atom is 0.203 e. The zero-order valence-electron chi connectivity index (χ0n) is 20.3. The third-order valence-electron chi connectivity index (χ3n) is 5.60. The van der Waals surface area contributed by atoms with Gasteiger partial charge in [0.05, 0.1) is 27.4 Å². The number of ether oxygens (including phenoxy) is 3. The number of hydrogen-bond acceptors (Lipinski definition) is 5. The third-order valence-corrected chi connectivity index (χ3v) is 5.60. The Morgan fingerprint density at radius 1 is 0.906 bits per heavy atom. The van der Waals surface area contributed by atoms with Crippen LogP contribution in [-0.2, 0) is 6.42 Å². The Balaban J connectivity index is 2.01. The van der Waals surface area contributed by atoms with Crippen molar-refractivity contribution >= 4 is 5.96 Å². The van der Waals surface area contributed by atoms with Crippen LogP contribution < -0.4 is 24.8 Å². The second-order valence-electron chi connectivity index (χ2n) is 7.27. The monoisotopic (exact) mass is 442 g/mol. The molecule has 7 heteroatoms. The fourth-order valence-electron chi connectivity index (χ4n) is 3.89. The Hall–Kier alpha value is -2.93. The van der Waals surface area contributed by atoms with Crippen LogP contribution in [0.3, 0.4) is 0 Å². The van der Waals surface area contributed by atoms with Gasteiger partial charge in [-0.2, -0.15) is 0 Å². The molecule has 2 aromatic rings. The van der Waals surface area contributed by atoms with Gasteiger partial charge in [0.25, 0.3) is 0 Å². The van der Waals surface area contributed by atoms with E-state index in [1.165, 1.54) is 5.56 Å². The molecule has 1 atom stereocenters. The van der Waals surface area contributed by atoms with Crippen LogP contribution in [-0.4, -0.2) is 65.4 Å². The number of guanidine groups is 1. The first-order valence-corrected chi connectivity index (χ1v) is 11.1. The van der Waals surface area contributed by atoms with Crippen molar-refractivity contribution in [3.63, 3.8) is 0 Å². The van der Waals surface area contributed by atoms with Crippen molar-refractivity contribution in [3.05, 3.63) is 53.6 Å². The molecule has 0 radical (unpaired) electrons. The van der Waals surface area contributed by atoms with Crippen LogP contribution >= 0.6 is 0 Å². The van der Waals surface area contributed by atoms with Gasteiger partial charge in [0.2, 0.25) is 5.75 Å². The number of rotatable bonds is 12. The minimum absolute atomic E-state index is 0.274. The summed E-state index contributed by atoms with van der Waals surface area (Å²) in [5.41, 5.74) is 2.34. The van der Waals surface area contributed by atoms with Crippen LogP contribution in [0.1, 0.15) is 31.0 Å². The topological polar surface area (TPSA) is 67.4 Å². The maximum atomic E-state index is 5.59. The van der Waals surface area contributed by atoms with Gasteiger partial charge in [0.15, 0.2) is 17.5 Å². The summed E-state index contributed by atoms with van der Waals surface area (Å²) >= 11 is 0. The van der Waals surface area contributed by atoms with Crippen LogP contribution in [0.25, 0.3) is 0 Å². The van der Waals surface area contributed by atoms with Gasteiger partial charge in [-0.1, -0.05) is 50.2 Å². The van der Waals surface area contributed by atoms with E-state index in [4.69, 9.17) is 14.2 Å². The van der Waals surface area contributed by atoms with E-state index < -0.39 is 0 Å². The summed E-state index contributed by atoms with van der Waals surface area (Å²) in [4.78, 5) is 6.85. The van der Waals surface area contributed by atoms with Crippen molar-refractivity contribution in [2.75, 3.05) is 54.6 Å². The quantitative estimate of drug-likeness (QED) is 0.387.